The Bertz CT molecular complexity index is 513. The summed E-state index contributed by atoms with van der Waals surface area (Å²) in [4.78, 5) is 2.36. The lowest BCUT2D eigenvalue weighted by atomic mass is 10.1. The third-order valence-electron chi connectivity index (χ3n) is 3.29. The summed E-state index contributed by atoms with van der Waals surface area (Å²) < 4.78 is 11.0. The van der Waals surface area contributed by atoms with E-state index in [-0.39, 0.29) is 0 Å². The Labute approximate surface area is 107 Å². The minimum absolute atomic E-state index is 0.797. The molecule has 0 N–H and O–H groups in total. The van der Waals surface area contributed by atoms with Gasteiger partial charge in [-0.2, -0.15) is 0 Å². The third-order valence-corrected chi connectivity index (χ3v) is 3.29. The Morgan fingerprint density at radius 1 is 1.11 bits per heavy atom. The molecule has 0 bridgehead atoms. The van der Waals surface area contributed by atoms with Crippen molar-refractivity contribution in [2.75, 3.05) is 31.2 Å². The molecule has 0 unspecified atom stereocenters. The molecule has 2 heterocycles. The summed E-state index contributed by atoms with van der Waals surface area (Å²) in [6.45, 7) is 5.58. The monoisotopic (exact) mass is 243 g/mol. The molecule has 1 aromatic heterocycles. The molecule has 0 radical (unpaired) electrons. The molecule has 3 rings (SSSR count). The standard InChI is InChI=1S/C15H17NO2/c1-12-4-5-14(16-6-9-17-10-7-16)13(11-12)15-3-2-8-18-15/h2-5,8,11H,6-7,9-10H2,1H3. The van der Waals surface area contributed by atoms with Gasteiger partial charge in [-0.25, -0.2) is 0 Å². The Morgan fingerprint density at radius 2 is 1.94 bits per heavy atom. The lowest BCUT2D eigenvalue weighted by Crippen LogP contribution is -2.36. The molecule has 1 aliphatic rings. The fourth-order valence-electron chi connectivity index (χ4n) is 2.36. The number of rotatable bonds is 2. The molecule has 2 aromatic rings. The van der Waals surface area contributed by atoms with Crippen LogP contribution in [0.3, 0.4) is 0 Å². The molecule has 18 heavy (non-hydrogen) atoms. The minimum atomic E-state index is 0.797. The highest BCUT2D eigenvalue weighted by Crippen LogP contribution is 2.32. The number of hydrogen-bond donors (Lipinski definition) is 0. The molecule has 1 aromatic carbocycles. The number of hydrogen-bond acceptors (Lipinski definition) is 3. The lowest BCUT2D eigenvalue weighted by molar-refractivity contribution is 0.122. The van der Waals surface area contributed by atoms with Crippen LogP contribution in [0.25, 0.3) is 11.3 Å². The molecule has 0 spiro atoms. The molecule has 1 fully saturated rings. The second-order valence-electron chi connectivity index (χ2n) is 4.60. The highest BCUT2D eigenvalue weighted by Gasteiger charge is 2.16. The van der Waals surface area contributed by atoms with Gasteiger partial charge >= 0.3 is 0 Å². The normalized spacial score (nSPS) is 15.9. The Hall–Kier alpha value is -1.74. The smallest absolute Gasteiger partial charge is 0.135 e. The van der Waals surface area contributed by atoms with E-state index in [0.29, 0.717) is 0 Å². The van der Waals surface area contributed by atoms with Crippen molar-refractivity contribution >= 4 is 5.69 Å². The second kappa shape index (κ2) is 4.86. The number of anilines is 1. The number of ether oxygens (including phenoxy) is 1. The molecular weight excluding hydrogens is 226 g/mol. The molecule has 94 valence electrons. The van der Waals surface area contributed by atoms with Crippen LogP contribution in [-0.2, 0) is 4.74 Å². The van der Waals surface area contributed by atoms with Crippen molar-refractivity contribution in [1.82, 2.24) is 0 Å². The first kappa shape index (κ1) is 11.4. The van der Waals surface area contributed by atoms with Crippen LogP contribution in [0.2, 0.25) is 0 Å². The van der Waals surface area contributed by atoms with Gasteiger partial charge in [-0.1, -0.05) is 11.6 Å². The average Bonchev–Trinajstić information content (AvgIpc) is 2.93. The topological polar surface area (TPSA) is 25.6 Å². The largest absolute Gasteiger partial charge is 0.464 e. The van der Waals surface area contributed by atoms with Crippen LogP contribution in [0.4, 0.5) is 5.69 Å². The molecule has 1 aliphatic heterocycles. The van der Waals surface area contributed by atoms with Gasteiger partial charge in [-0.3, -0.25) is 0 Å². The van der Waals surface area contributed by atoms with E-state index in [1.165, 1.54) is 16.8 Å². The summed E-state index contributed by atoms with van der Waals surface area (Å²) in [7, 11) is 0. The summed E-state index contributed by atoms with van der Waals surface area (Å²) in [5.74, 6) is 0.931. The maximum Gasteiger partial charge on any atom is 0.135 e. The van der Waals surface area contributed by atoms with Gasteiger partial charge in [0.15, 0.2) is 0 Å². The van der Waals surface area contributed by atoms with Crippen LogP contribution >= 0.6 is 0 Å². The molecule has 0 aliphatic carbocycles. The fraction of sp³-hybridized carbons (Fsp3) is 0.333. The van der Waals surface area contributed by atoms with Crippen LogP contribution < -0.4 is 4.90 Å². The van der Waals surface area contributed by atoms with Gasteiger partial charge in [-0.15, -0.1) is 0 Å². The maximum atomic E-state index is 5.55. The van der Waals surface area contributed by atoms with Gasteiger partial charge in [0.25, 0.3) is 0 Å². The number of aryl methyl sites for hydroxylation is 1. The van der Waals surface area contributed by atoms with Gasteiger partial charge in [0.1, 0.15) is 5.76 Å². The SMILES string of the molecule is Cc1ccc(N2CCOCC2)c(-c2ccco2)c1. The minimum Gasteiger partial charge on any atom is -0.464 e. The predicted molar refractivity (Wildman–Crippen MR) is 71.9 cm³/mol. The molecule has 0 saturated carbocycles. The number of nitrogens with zero attached hydrogens (tertiary/aromatic N) is 1. The number of benzene rings is 1. The first-order valence-electron chi connectivity index (χ1n) is 6.32. The first-order valence-corrected chi connectivity index (χ1v) is 6.32. The summed E-state index contributed by atoms with van der Waals surface area (Å²) in [6.07, 6.45) is 1.72. The van der Waals surface area contributed by atoms with E-state index in [9.17, 15) is 0 Å². The Morgan fingerprint density at radius 3 is 2.67 bits per heavy atom. The quantitative estimate of drug-likeness (QED) is 0.810. The lowest BCUT2D eigenvalue weighted by Gasteiger charge is -2.30. The Balaban J connectivity index is 2.02. The average molecular weight is 243 g/mol. The number of furan rings is 1. The van der Waals surface area contributed by atoms with Crippen molar-refractivity contribution in [1.29, 1.82) is 0 Å². The van der Waals surface area contributed by atoms with E-state index in [2.05, 4.69) is 30.0 Å². The summed E-state index contributed by atoms with van der Waals surface area (Å²) in [5, 5.41) is 0. The second-order valence-corrected chi connectivity index (χ2v) is 4.60. The molecular formula is C15H17NO2. The van der Waals surface area contributed by atoms with Crippen LogP contribution in [0.15, 0.2) is 41.0 Å². The molecule has 0 atom stereocenters. The van der Waals surface area contributed by atoms with E-state index in [0.717, 1.165) is 32.1 Å². The zero-order valence-electron chi connectivity index (χ0n) is 10.6. The highest BCUT2D eigenvalue weighted by molar-refractivity contribution is 5.76. The summed E-state index contributed by atoms with van der Waals surface area (Å²) >= 11 is 0. The van der Waals surface area contributed by atoms with Crippen molar-refractivity contribution in [3.63, 3.8) is 0 Å². The zero-order valence-corrected chi connectivity index (χ0v) is 10.6. The van der Waals surface area contributed by atoms with E-state index in [1.54, 1.807) is 6.26 Å². The van der Waals surface area contributed by atoms with Crippen LogP contribution in [0, 0.1) is 6.92 Å². The van der Waals surface area contributed by atoms with E-state index in [4.69, 9.17) is 9.15 Å². The van der Waals surface area contributed by atoms with Crippen molar-refractivity contribution in [2.45, 2.75) is 6.92 Å². The Kier molecular flexibility index (Phi) is 3.07. The molecule has 3 nitrogen and oxygen atoms in total. The molecule has 1 saturated heterocycles. The maximum absolute atomic E-state index is 5.55. The van der Waals surface area contributed by atoms with Crippen LogP contribution in [-0.4, -0.2) is 26.3 Å². The third kappa shape index (κ3) is 2.14. The summed E-state index contributed by atoms with van der Waals surface area (Å²) in [6, 6.07) is 10.5. The van der Waals surface area contributed by atoms with Gasteiger partial charge in [0.2, 0.25) is 0 Å². The van der Waals surface area contributed by atoms with E-state index in [1.807, 2.05) is 12.1 Å². The fourth-order valence-corrected chi connectivity index (χ4v) is 2.36. The molecule has 3 heteroatoms. The van der Waals surface area contributed by atoms with Gasteiger partial charge < -0.3 is 14.1 Å². The van der Waals surface area contributed by atoms with E-state index >= 15 is 0 Å². The van der Waals surface area contributed by atoms with Crippen molar-refractivity contribution in [2.24, 2.45) is 0 Å². The zero-order chi connectivity index (χ0) is 12.4. The van der Waals surface area contributed by atoms with Crippen molar-refractivity contribution in [3.05, 3.63) is 42.2 Å². The first-order chi connectivity index (χ1) is 8.84. The van der Waals surface area contributed by atoms with Crippen molar-refractivity contribution in [3.8, 4) is 11.3 Å². The van der Waals surface area contributed by atoms with Crippen molar-refractivity contribution < 1.29 is 9.15 Å². The molecule has 0 amide bonds. The van der Waals surface area contributed by atoms with Gasteiger partial charge in [0, 0.05) is 24.3 Å². The summed E-state index contributed by atoms with van der Waals surface area (Å²) in [5.41, 5.74) is 3.65. The predicted octanol–water partition coefficient (Wildman–Crippen LogP) is 3.09. The van der Waals surface area contributed by atoms with Crippen LogP contribution in [0.5, 0.6) is 0 Å². The number of morpholine rings is 1. The van der Waals surface area contributed by atoms with E-state index < -0.39 is 0 Å². The van der Waals surface area contributed by atoms with Crippen LogP contribution in [0.1, 0.15) is 5.56 Å². The highest BCUT2D eigenvalue weighted by atomic mass is 16.5. The van der Waals surface area contributed by atoms with Gasteiger partial charge in [0.05, 0.1) is 19.5 Å². The van der Waals surface area contributed by atoms with Gasteiger partial charge in [-0.05, 0) is 31.2 Å².